The summed E-state index contributed by atoms with van der Waals surface area (Å²) >= 11 is 6.71. The van der Waals surface area contributed by atoms with Crippen molar-refractivity contribution in [1.29, 1.82) is 0 Å². The second-order valence-electron chi connectivity index (χ2n) is 3.26. The lowest BCUT2D eigenvalue weighted by Crippen LogP contribution is -1.92. The molecule has 1 aromatic heterocycles. The first-order chi connectivity index (χ1) is 7.66. The number of rotatable bonds is 3. The van der Waals surface area contributed by atoms with E-state index in [2.05, 4.69) is 20.9 Å². The van der Waals surface area contributed by atoms with E-state index < -0.39 is 6.10 Å². The highest BCUT2D eigenvalue weighted by Gasteiger charge is 2.07. The first-order valence-corrected chi connectivity index (χ1v) is 7.20. The Morgan fingerprint density at radius 1 is 1.50 bits per heavy atom. The quantitative estimate of drug-likeness (QED) is 0.925. The van der Waals surface area contributed by atoms with Gasteiger partial charge in [0, 0.05) is 20.9 Å². The Kier molecular flexibility index (Phi) is 4.02. The van der Waals surface area contributed by atoms with Gasteiger partial charge in [0.2, 0.25) is 0 Å². The molecule has 2 rings (SSSR count). The fourth-order valence-corrected chi connectivity index (χ4v) is 3.77. The average Bonchev–Trinajstić information content (AvgIpc) is 2.70. The van der Waals surface area contributed by atoms with Gasteiger partial charge in [0.05, 0.1) is 6.10 Å². The zero-order valence-electron chi connectivity index (χ0n) is 8.55. The minimum Gasteiger partial charge on any atom is -0.389 e. The number of aliphatic hydroxyl groups excluding tert-OH is 1. The van der Waals surface area contributed by atoms with E-state index in [1.54, 1.807) is 36.2 Å². The van der Waals surface area contributed by atoms with E-state index in [4.69, 9.17) is 0 Å². The van der Waals surface area contributed by atoms with Crippen LogP contribution >= 0.6 is 39.0 Å². The normalized spacial score (nSPS) is 12.7. The summed E-state index contributed by atoms with van der Waals surface area (Å²) in [5, 5.41) is 11.5. The maximum Gasteiger partial charge on any atom is 0.154 e. The van der Waals surface area contributed by atoms with E-state index >= 15 is 0 Å². The van der Waals surface area contributed by atoms with Crippen molar-refractivity contribution in [2.75, 3.05) is 0 Å². The van der Waals surface area contributed by atoms with Crippen molar-refractivity contribution in [3.63, 3.8) is 0 Å². The summed E-state index contributed by atoms with van der Waals surface area (Å²) in [5.74, 6) is 0. The predicted molar refractivity (Wildman–Crippen MR) is 71.0 cm³/mol. The highest BCUT2D eigenvalue weighted by atomic mass is 79.9. The van der Waals surface area contributed by atoms with E-state index in [0.29, 0.717) is 0 Å². The molecular weight excluding hydrogens is 306 g/mol. The summed E-state index contributed by atoms with van der Waals surface area (Å²) in [6.45, 7) is 1.76. The lowest BCUT2D eigenvalue weighted by Gasteiger charge is -2.08. The van der Waals surface area contributed by atoms with Crippen LogP contribution in [0.25, 0.3) is 0 Å². The van der Waals surface area contributed by atoms with Crippen molar-refractivity contribution in [3.05, 3.63) is 39.8 Å². The third-order valence-corrected chi connectivity index (χ3v) is 4.60. The van der Waals surface area contributed by atoms with Gasteiger partial charge in [0.1, 0.15) is 0 Å². The molecule has 16 heavy (non-hydrogen) atoms. The van der Waals surface area contributed by atoms with Crippen LogP contribution in [0, 0.1) is 0 Å². The SMILES string of the molecule is C[C@@H](O)c1ccc(Sc2nccs2)cc1Br. The Morgan fingerprint density at radius 3 is 2.88 bits per heavy atom. The predicted octanol–water partition coefficient (Wildman–Crippen LogP) is 4.11. The summed E-state index contributed by atoms with van der Waals surface area (Å²) < 4.78 is 1.96. The lowest BCUT2D eigenvalue weighted by molar-refractivity contribution is 0.198. The molecule has 1 atom stereocenters. The molecule has 0 bridgehead atoms. The molecule has 1 aromatic carbocycles. The van der Waals surface area contributed by atoms with Crippen molar-refractivity contribution >= 4 is 39.0 Å². The Bertz CT molecular complexity index is 471. The van der Waals surface area contributed by atoms with E-state index in [1.165, 1.54) is 0 Å². The molecule has 0 aliphatic carbocycles. The molecule has 0 spiro atoms. The molecule has 84 valence electrons. The van der Waals surface area contributed by atoms with Crippen LogP contribution < -0.4 is 0 Å². The molecule has 2 nitrogen and oxygen atoms in total. The number of benzene rings is 1. The number of hydrogen-bond donors (Lipinski definition) is 1. The molecular formula is C11H10BrNOS2. The first-order valence-electron chi connectivity index (χ1n) is 4.71. The summed E-state index contributed by atoms with van der Waals surface area (Å²) in [4.78, 5) is 5.33. The van der Waals surface area contributed by atoms with Crippen molar-refractivity contribution in [1.82, 2.24) is 4.98 Å². The number of thiazole rings is 1. The molecule has 0 saturated heterocycles. The number of nitrogens with zero attached hydrogens (tertiary/aromatic N) is 1. The van der Waals surface area contributed by atoms with Crippen LogP contribution in [0.1, 0.15) is 18.6 Å². The summed E-state index contributed by atoms with van der Waals surface area (Å²) in [5.41, 5.74) is 0.906. The van der Waals surface area contributed by atoms with Gasteiger partial charge in [-0.05, 0) is 24.6 Å². The van der Waals surface area contributed by atoms with Gasteiger partial charge in [-0.1, -0.05) is 33.8 Å². The molecule has 1 heterocycles. The topological polar surface area (TPSA) is 33.1 Å². The van der Waals surface area contributed by atoms with Crippen LogP contribution in [0.15, 0.2) is 43.5 Å². The third-order valence-electron chi connectivity index (χ3n) is 2.04. The number of aliphatic hydroxyl groups is 1. The van der Waals surface area contributed by atoms with Gasteiger partial charge < -0.3 is 5.11 Å². The maximum atomic E-state index is 9.51. The fourth-order valence-electron chi connectivity index (χ4n) is 1.27. The summed E-state index contributed by atoms with van der Waals surface area (Å²) in [7, 11) is 0. The summed E-state index contributed by atoms with van der Waals surface area (Å²) in [6, 6.07) is 5.94. The van der Waals surface area contributed by atoms with Crippen molar-refractivity contribution in [3.8, 4) is 0 Å². The smallest absolute Gasteiger partial charge is 0.154 e. The fraction of sp³-hybridized carbons (Fsp3) is 0.182. The number of aromatic nitrogens is 1. The molecule has 0 saturated carbocycles. The Balaban J connectivity index is 2.21. The molecule has 0 radical (unpaired) electrons. The average molecular weight is 316 g/mol. The first kappa shape index (κ1) is 12.1. The summed E-state index contributed by atoms with van der Waals surface area (Å²) in [6.07, 6.45) is 1.35. The second kappa shape index (κ2) is 5.31. The largest absolute Gasteiger partial charge is 0.389 e. The zero-order chi connectivity index (χ0) is 11.5. The van der Waals surface area contributed by atoms with Crippen LogP contribution in [0.4, 0.5) is 0 Å². The highest BCUT2D eigenvalue weighted by molar-refractivity contribution is 9.10. The van der Waals surface area contributed by atoms with Gasteiger partial charge >= 0.3 is 0 Å². The van der Waals surface area contributed by atoms with Gasteiger partial charge in [-0.2, -0.15) is 0 Å². The van der Waals surface area contributed by atoms with Gasteiger partial charge in [-0.25, -0.2) is 4.98 Å². The van der Waals surface area contributed by atoms with E-state index in [9.17, 15) is 5.11 Å². The van der Waals surface area contributed by atoms with Crippen LogP contribution in [-0.2, 0) is 0 Å². The monoisotopic (exact) mass is 315 g/mol. The van der Waals surface area contributed by atoms with Crippen LogP contribution in [-0.4, -0.2) is 10.1 Å². The molecule has 0 amide bonds. The minimum absolute atomic E-state index is 0.451. The van der Waals surface area contributed by atoms with Crippen molar-refractivity contribution in [2.45, 2.75) is 22.3 Å². The zero-order valence-corrected chi connectivity index (χ0v) is 11.8. The highest BCUT2D eigenvalue weighted by Crippen LogP contribution is 2.33. The minimum atomic E-state index is -0.451. The van der Waals surface area contributed by atoms with E-state index in [0.717, 1.165) is 19.3 Å². The molecule has 0 fully saturated rings. The second-order valence-corrected chi connectivity index (χ2v) is 6.33. The molecule has 0 unspecified atom stereocenters. The Labute approximate surface area is 111 Å². The number of halogens is 1. The van der Waals surface area contributed by atoms with Crippen LogP contribution in [0.3, 0.4) is 0 Å². The standard InChI is InChI=1S/C11H10BrNOS2/c1-7(14)9-3-2-8(6-10(9)12)16-11-13-4-5-15-11/h2-7,14H,1H3/t7-/m1/s1. The van der Waals surface area contributed by atoms with Crippen molar-refractivity contribution < 1.29 is 5.11 Å². The van der Waals surface area contributed by atoms with Crippen LogP contribution in [0.2, 0.25) is 0 Å². The van der Waals surface area contributed by atoms with Gasteiger partial charge in [-0.3, -0.25) is 0 Å². The Morgan fingerprint density at radius 2 is 2.31 bits per heavy atom. The molecule has 5 heteroatoms. The molecule has 0 aliphatic rings. The number of hydrogen-bond acceptors (Lipinski definition) is 4. The molecule has 2 aromatic rings. The van der Waals surface area contributed by atoms with E-state index in [1.807, 2.05) is 23.6 Å². The lowest BCUT2D eigenvalue weighted by atomic mass is 10.1. The molecule has 0 aliphatic heterocycles. The maximum absolute atomic E-state index is 9.51. The molecule has 1 N–H and O–H groups in total. The van der Waals surface area contributed by atoms with E-state index in [-0.39, 0.29) is 0 Å². The Hall–Kier alpha value is -0.360. The van der Waals surface area contributed by atoms with Gasteiger partial charge in [-0.15, -0.1) is 11.3 Å². The van der Waals surface area contributed by atoms with Crippen LogP contribution in [0.5, 0.6) is 0 Å². The van der Waals surface area contributed by atoms with Gasteiger partial charge in [0.15, 0.2) is 4.34 Å². The van der Waals surface area contributed by atoms with Crippen molar-refractivity contribution in [2.24, 2.45) is 0 Å². The van der Waals surface area contributed by atoms with Gasteiger partial charge in [0.25, 0.3) is 0 Å². The third kappa shape index (κ3) is 2.85.